The van der Waals surface area contributed by atoms with Crippen LogP contribution in [0.3, 0.4) is 0 Å². The Balaban J connectivity index is 3.98. The molecule has 0 saturated carbocycles. The van der Waals surface area contributed by atoms with Crippen molar-refractivity contribution in [3.05, 3.63) is 37.0 Å². The van der Waals surface area contributed by atoms with Gasteiger partial charge in [0.2, 0.25) is 0 Å². The lowest BCUT2D eigenvalue weighted by Gasteiger charge is -2.30. The first-order valence-electron chi connectivity index (χ1n) is 8.92. The molecule has 0 bridgehead atoms. The summed E-state index contributed by atoms with van der Waals surface area (Å²) in [6.45, 7) is 21.7. The molecule has 0 fully saturated rings. The first-order valence-corrected chi connectivity index (χ1v) is 8.92. The molecule has 150 valence electrons. The smallest absolute Gasteiger partial charge is 0.407 e. The summed E-state index contributed by atoms with van der Waals surface area (Å²) in [6, 6.07) is 0. The summed E-state index contributed by atoms with van der Waals surface area (Å²) >= 11 is 0. The zero-order valence-corrected chi connectivity index (χ0v) is 17.1. The summed E-state index contributed by atoms with van der Waals surface area (Å²) in [5.74, 6) is 1.38. The minimum Gasteiger partial charge on any atom is -0.490 e. The van der Waals surface area contributed by atoms with E-state index in [-0.39, 0.29) is 5.41 Å². The van der Waals surface area contributed by atoms with E-state index in [1.54, 1.807) is 7.05 Å². The molecule has 6 heteroatoms. The molecule has 1 unspecified atom stereocenters. The normalized spacial score (nSPS) is 12.0. The second-order valence-electron chi connectivity index (χ2n) is 7.64. The van der Waals surface area contributed by atoms with E-state index in [0.717, 1.165) is 25.0 Å². The summed E-state index contributed by atoms with van der Waals surface area (Å²) in [6.07, 6.45) is 0.983. The Kier molecular flexibility index (Phi) is 10.6. The van der Waals surface area contributed by atoms with Crippen LogP contribution < -0.4 is 5.32 Å². The molecule has 0 saturated heterocycles. The van der Waals surface area contributed by atoms with Gasteiger partial charge in [0.05, 0.1) is 0 Å². The Bertz CT molecular complexity index is 500. The van der Waals surface area contributed by atoms with Crippen molar-refractivity contribution in [1.82, 2.24) is 10.2 Å². The summed E-state index contributed by atoms with van der Waals surface area (Å²) < 4.78 is 10.8. The van der Waals surface area contributed by atoms with Gasteiger partial charge in [-0.15, -0.1) is 0 Å². The van der Waals surface area contributed by atoms with Gasteiger partial charge in [-0.1, -0.05) is 33.9 Å². The molecule has 0 aromatic carbocycles. The zero-order chi connectivity index (χ0) is 20.3. The molecule has 0 aromatic heterocycles. The lowest BCUT2D eigenvalue weighted by atomic mass is 9.80. The monoisotopic (exact) mass is 368 g/mol. The van der Waals surface area contributed by atoms with Gasteiger partial charge in [0, 0.05) is 20.1 Å². The van der Waals surface area contributed by atoms with E-state index < -0.39 is 6.09 Å². The van der Waals surface area contributed by atoms with Crippen molar-refractivity contribution >= 4 is 6.09 Å². The number of hydrogen-bond acceptors (Lipinski definition) is 4. The van der Waals surface area contributed by atoms with E-state index in [9.17, 15) is 4.79 Å². The second-order valence-corrected chi connectivity index (χ2v) is 7.64. The lowest BCUT2D eigenvalue weighted by molar-refractivity contribution is 0.111. The Hall–Kier alpha value is -2.11. The van der Waals surface area contributed by atoms with Crippen molar-refractivity contribution in [2.24, 2.45) is 11.3 Å². The number of amides is 1. The van der Waals surface area contributed by atoms with Crippen LogP contribution in [0.5, 0.6) is 0 Å². The van der Waals surface area contributed by atoms with Crippen molar-refractivity contribution in [2.75, 3.05) is 33.4 Å². The van der Waals surface area contributed by atoms with Crippen molar-refractivity contribution in [3.8, 4) is 0 Å². The fraction of sp³-hybridized carbons (Fsp3) is 0.650. The summed E-state index contributed by atoms with van der Waals surface area (Å²) in [5.41, 5.74) is 0.891. The van der Waals surface area contributed by atoms with E-state index >= 15 is 0 Å². The SMILES string of the molecule is C=C(NCCC(C)(C)CC(C)CN(C)C(=O)O)OCCOC(=C)C(=C)C. The fourth-order valence-electron chi connectivity index (χ4n) is 2.70. The Morgan fingerprint density at radius 2 is 1.81 bits per heavy atom. The number of nitrogens with zero attached hydrogens (tertiary/aromatic N) is 1. The predicted octanol–water partition coefficient (Wildman–Crippen LogP) is 4.22. The first-order chi connectivity index (χ1) is 11.9. The third kappa shape index (κ3) is 11.4. The molecular formula is C20H36N2O4. The molecule has 0 heterocycles. The molecule has 6 nitrogen and oxygen atoms in total. The molecule has 2 N–H and O–H groups in total. The average Bonchev–Trinajstić information content (AvgIpc) is 2.49. The maximum atomic E-state index is 10.9. The summed E-state index contributed by atoms with van der Waals surface area (Å²) in [4.78, 5) is 12.2. The Labute approximate surface area is 158 Å². The van der Waals surface area contributed by atoms with Gasteiger partial charge in [-0.25, -0.2) is 4.79 Å². The van der Waals surface area contributed by atoms with Crippen LogP contribution in [-0.4, -0.2) is 49.5 Å². The average molecular weight is 369 g/mol. The van der Waals surface area contributed by atoms with Crippen molar-refractivity contribution < 1.29 is 19.4 Å². The van der Waals surface area contributed by atoms with Crippen LogP contribution in [0.25, 0.3) is 0 Å². The highest BCUT2D eigenvalue weighted by Gasteiger charge is 2.22. The van der Waals surface area contributed by atoms with Crippen LogP contribution in [0.1, 0.15) is 40.5 Å². The van der Waals surface area contributed by atoms with E-state index in [2.05, 4.69) is 45.8 Å². The van der Waals surface area contributed by atoms with Crippen molar-refractivity contribution in [2.45, 2.75) is 40.5 Å². The molecule has 0 rings (SSSR count). The predicted molar refractivity (Wildman–Crippen MR) is 106 cm³/mol. The molecule has 0 aliphatic rings. The van der Waals surface area contributed by atoms with E-state index in [4.69, 9.17) is 14.6 Å². The molecule has 26 heavy (non-hydrogen) atoms. The van der Waals surface area contributed by atoms with Crippen molar-refractivity contribution in [3.63, 3.8) is 0 Å². The number of nitrogens with one attached hydrogen (secondary N) is 1. The van der Waals surface area contributed by atoms with Gasteiger partial charge in [-0.3, -0.25) is 0 Å². The van der Waals surface area contributed by atoms with Gasteiger partial charge in [-0.05, 0) is 43.3 Å². The molecule has 0 aliphatic heterocycles. The summed E-state index contributed by atoms with van der Waals surface area (Å²) in [5, 5.41) is 12.1. The van der Waals surface area contributed by atoms with Crippen LogP contribution in [0.4, 0.5) is 4.79 Å². The van der Waals surface area contributed by atoms with Gasteiger partial charge in [-0.2, -0.15) is 0 Å². The van der Waals surface area contributed by atoms with Crippen LogP contribution in [0, 0.1) is 11.3 Å². The zero-order valence-electron chi connectivity index (χ0n) is 17.1. The topological polar surface area (TPSA) is 71.0 Å². The summed E-state index contributed by atoms with van der Waals surface area (Å²) in [7, 11) is 1.60. The fourth-order valence-corrected chi connectivity index (χ4v) is 2.70. The van der Waals surface area contributed by atoms with E-state index in [1.807, 2.05) is 6.92 Å². The third-order valence-corrected chi connectivity index (χ3v) is 4.05. The largest absolute Gasteiger partial charge is 0.490 e. The standard InChI is InChI=1S/C20H36N2O4/c1-15(2)17(4)25-11-12-26-18(5)21-10-9-20(6,7)13-16(3)14-22(8)19(23)24/h16,21H,1,4-5,9-14H2,2-3,6-8H3,(H,23,24). The van der Waals surface area contributed by atoms with Crippen LogP contribution in [-0.2, 0) is 9.47 Å². The Morgan fingerprint density at radius 1 is 1.23 bits per heavy atom. The molecule has 0 spiro atoms. The number of ether oxygens (including phenoxy) is 2. The first kappa shape index (κ1) is 23.9. The number of allylic oxidation sites excluding steroid dienone is 1. The Morgan fingerprint density at radius 3 is 2.35 bits per heavy atom. The van der Waals surface area contributed by atoms with Gasteiger partial charge in [0.15, 0.2) is 5.88 Å². The molecule has 1 atom stereocenters. The molecule has 0 aliphatic carbocycles. The molecule has 0 aromatic rings. The van der Waals surface area contributed by atoms with Gasteiger partial charge < -0.3 is 24.8 Å². The third-order valence-electron chi connectivity index (χ3n) is 4.05. The minimum absolute atomic E-state index is 0.0916. The van der Waals surface area contributed by atoms with Crippen molar-refractivity contribution in [1.29, 1.82) is 0 Å². The highest BCUT2D eigenvalue weighted by atomic mass is 16.5. The van der Waals surface area contributed by atoms with Gasteiger partial charge >= 0.3 is 6.09 Å². The molecular weight excluding hydrogens is 332 g/mol. The molecule has 1 amide bonds. The lowest BCUT2D eigenvalue weighted by Crippen LogP contribution is -2.32. The number of carbonyl (C=O) groups is 1. The van der Waals surface area contributed by atoms with Crippen LogP contribution in [0.2, 0.25) is 0 Å². The quantitative estimate of drug-likeness (QED) is 0.273. The maximum absolute atomic E-state index is 10.9. The maximum Gasteiger partial charge on any atom is 0.407 e. The van der Waals surface area contributed by atoms with Crippen LogP contribution >= 0.6 is 0 Å². The van der Waals surface area contributed by atoms with E-state index in [0.29, 0.717) is 37.3 Å². The molecule has 0 radical (unpaired) electrons. The highest BCUT2D eigenvalue weighted by Crippen LogP contribution is 2.29. The van der Waals surface area contributed by atoms with Gasteiger partial charge in [0.25, 0.3) is 0 Å². The number of hydrogen-bond donors (Lipinski definition) is 2. The second kappa shape index (κ2) is 11.5. The highest BCUT2D eigenvalue weighted by molar-refractivity contribution is 5.64. The minimum atomic E-state index is -0.888. The van der Waals surface area contributed by atoms with E-state index in [1.165, 1.54) is 4.90 Å². The van der Waals surface area contributed by atoms with Crippen LogP contribution in [0.15, 0.2) is 37.0 Å². The number of carboxylic acid groups (broad SMARTS) is 1. The van der Waals surface area contributed by atoms with Gasteiger partial charge in [0.1, 0.15) is 19.0 Å². The number of rotatable bonds is 14.